The predicted molar refractivity (Wildman–Crippen MR) is 80.5 cm³/mol. The monoisotopic (exact) mass is 286 g/mol. The number of aromatic nitrogens is 3. The molecule has 1 aromatic carbocycles. The van der Waals surface area contributed by atoms with E-state index in [4.69, 9.17) is 0 Å². The van der Waals surface area contributed by atoms with Crippen molar-refractivity contribution in [3.05, 3.63) is 35.9 Å². The predicted octanol–water partition coefficient (Wildman–Crippen LogP) is 0.625. The molecule has 1 amide bonds. The maximum Gasteiger partial charge on any atom is 0.253 e. The zero-order chi connectivity index (χ0) is 14.7. The summed E-state index contributed by atoms with van der Waals surface area (Å²) in [6.45, 7) is 2.21. The molecule has 0 radical (unpaired) electrons. The Bertz CT molecular complexity index is 651. The topological polar surface area (TPSA) is 83.9 Å². The van der Waals surface area contributed by atoms with E-state index in [1.807, 2.05) is 29.8 Å². The molecule has 3 rings (SSSR count). The van der Waals surface area contributed by atoms with E-state index in [1.54, 1.807) is 6.33 Å². The highest BCUT2D eigenvalue weighted by atomic mass is 16.1. The second-order valence-corrected chi connectivity index (χ2v) is 4.95. The molecule has 1 aromatic heterocycles. The lowest BCUT2D eigenvalue weighted by atomic mass is 10.1. The quantitative estimate of drug-likeness (QED) is 0.767. The first-order chi connectivity index (χ1) is 10.3. The Morgan fingerprint density at radius 2 is 2.24 bits per heavy atom. The molecule has 0 saturated carbocycles. The Morgan fingerprint density at radius 1 is 1.38 bits per heavy atom. The van der Waals surface area contributed by atoms with Gasteiger partial charge < -0.3 is 20.5 Å². The molecule has 110 valence electrons. The third-order valence-electron chi connectivity index (χ3n) is 3.49. The number of hydrogen-bond acceptors (Lipinski definition) is 5. The number of aryl methyl sites for hydroxylation is 1. The van der Waals surface area contributed by atoms with Gasteiger partial charge in [-0.15, -0.1) is 10.2 Å². The van der Waals surface area contributed by atoms with Crippen LogP contribution in [0.5, 0.6) is 0 Å². The van der Waals surface area contributed by atoms with Gasteiger partial charge in [-0.3, -0.25) is 4.79 Å². The van der Waals surface area contributed by atoms with E-state index in [-0.39, 0.29) is 5.91 Å². The number of nitrogens with zero attached hydrogens (tertiary/aromatic N) is 3. The molecule has 0 bridgehead atoms. The number of anilines is 2. The van der Waals surface area contributed by atoms with Gasteiger partial charge in [0, 0.05) is 33.1 Å². The number of carbonyl (C=O) groups excluding carboxylic acids is 1. The summed E-state index contributed by atoms with van der Waals surface area (Å²) in [7, 11) is 1.89. The SMILES string of the molecule is Cn1cnnc1CCNC(=O)c1cccc2c1NCCN2. The lowest BCUT2D eigenvalue weighted by Crippen LogP contribution is -2.29. The third kappa shape index (κ3) is 2.81. The number of nitrogens with one attached hydrogen (secondary N) is 3. The number of fused-ring (bicyclic) bond motifs is 1. The van der Waals surface area contributed by atoms with Gasteiger partial charge in [-0.05, 0) is 12.1 Å². The van der Waals surface area contributed by atoms with Crippen LogP contribution in [0.1, 0.15) is 16.2 Å². The second-order valence-electron chi connectivity index (χ2n) is 4.95. The van der Waals surface area contributed by atoms with Gasteiger partial charge in [0.1, 0.15) is 12.2 Å². The van der Waals surface area contributed by atoms with Gasteiger partial charge >= 0.3 is 0 Å². The fraction of sp³-hybridized carbons (Fsp3) is 0.357. The van der Waals surface area contributed by atoms with E-state index in [2.05, 4.69) is 26.1 Å². The Hall–Kier alpha value is -2.57. The van der Waals surface area contributed by atoms with Crippen LogP contribution in [-0.2, 0) is 13.5 Å². The summed E-state index contributed by atoms with van der Waals surface area (Å²) in [5.74, 6) is 0.774. The smallest absolute Gasteiger partial charge is 0.253 e. The Labute approximate surface area is 122 Å². The van der Waals surface area contributed by atoms with Crippen LogP contribution >= 0.6 is 0 Å². The lowest BCUT2D eigenvalue weighted by molar-refractivity contribution is 0.0954. The van der Waals surface area contributed by atoms with Crippen LogP contribution in [0.3, 0.4) is 0 Å². The molecule has 0 fully saturated rings. The van der Waals surface area contributed by atoms with Crippen molar-refractivity contribution in [2.24, 2.45) is 7.05 Å². The van der Waals surface area contributed by atoms with E-state index >= 15 is 0 Å². The molecular weight excluding hydrogens is 268 g/mol. The first-order valence-corrected chi connectivity index (χ1v) is 6.97. The fourth-order valence-corrected chi connectivity index (χ4v) is 2.38. The molecule has 1 aliphatic heterocycles. The van der Waals surface area contributed by atoms with Gasteiger partial charge in [0.2, 0.25) is 0 Å². The molecular formula is C14H18N6O. The molecule has 2 aromatic rings. The molecule has 1 aliphatic rings. The molecule has 2 heterocycles. The van der Waals surface area contributed by atoms with E-state index in [9.17, 15) is 4.79 Å². The molecule has 0 saturated heterocycles. The molecule has 0 atom stereocenters. The first kappa shape index (κ1) is 13.4. The Balaban J connectivity index is 1.64. The molecule has 21 heavy (non-hydrogen) atoms. The average molecular weight is 286 g/mol. The summed E-state index contributed by atoms with van der Waals surface area (Å²) < 4.78 is 1.85. The van der Waals surface area contributed by atoms with Crippen molar-refractivity contribution in [2.45, 2.75) is 6.42 Å². The van der Waals surface area contributed by atoms with Crippen LogP contribution in [0.2, 0.25) is 0 Å². The van der Waals surface area contributed by atoms with Gasteiger partial charge in [0.15, 0.2) is 0 Å². The van der Waals surface area contributed by atoms with Crippen LogP contribution in [0.25, 0.3) is 0 Å². The summed E-state index contributed by atoms with van der Waals surface area (Å²) >= 11 is 0. The average Bonchev–Trinajstić information content (AvgIpc) is 2.92. The van der Waals surface area contributed by atoms with E-state index in [0.29, 0.717) is 18.5 Å². The zero-order valence-electron chi connectivity index (χ0n) is 11.9. The van der Waals surface area contributed by atoms with Crippen molar-refractivity contribution >= 4 is 17.3 Å². The largest absolute Gasteiger partial charge is 0.382 e. The van der Waals surface area contributed by atoms with Crippen LogP contribution < -0.4 is 16.0 Å². The van der Waals surface area contributed by atoms with Crippen molar-refractivity contribution in [1.29, 1.82) is 0 Å². The number of rotatable bonds is 4. The fourth-order valence-electron chi connectivity index (χ4n) is 2.38. The minimum absolute atomic E-state index is 0.0785. The zero-order valence-corrected chi connectivity index (χ0v) is 11.9. The molecule has 7 heteroatoms. The van der Waals surface area contributed by atoms with Crippen LogP contribution in [0.15, 0.2) is 24.5 Å². The highest BCUT2D eigenvalue weighted by molar-refractivity contribution is 6.02. The number of para-hydroxylation sites is 1. The number of amides is 1. The van der Waals surface area contributed by atoms with Crippen LogP contribution in [0, 0.1) is 0 Å². The summed E-state index contributed by atoms with van der Waals surface area (Å²) in [4.78, 5) is 12.3. The standard InChI is InChI=1S/C14H18N6O/c1-20-9-18-19-12(20)5-6-17-14(21)10-3-2-4-11-13(10)16-8-7-15-11/h2-4,9,15-16H,5-8H2,1H3,(H,17,21). The minimum atomic E-state index is -0.0785. The maximum absolute atomic E-state index is 12.3. The summed E-state index contributed by atoms with van der Waals surface area (Å²) in [5.41, 5.74) is 2.51. The lowest BCUT2D eigenvalue weighted by Gasteiger charge is -2.22. The normalized spacial score (nSPS) is 13.0. The highest BCUT2D eigenvalue weighted by Gasteiger charge is 2.16. The molecule has 3 N–H and O–H groups in total. The summed E-state index contributed by atoms with van der Waals surface area (Å²) in [6, 6.07) is 5.69. The number of hydrogen-bond donors (Lipinski definition) is 3. The van der Waals surface area contributed by atoms with Crippen molar-refractivity contribution in [1.82, 2.24) is 20.1 Å². The minimum Gasteiger partial charge on any atom is -0.382 e. The third-order valence-corrected chi connectivity index (χ3v) is 3.49. The highest BCUT2D eigenvalue weighted by Crippen LogP contribution is 2.28. The van der Waals surface area contributed by atoms with Gasteiger partial charge in [-0.2, -0.15) is 0 Å². The van der Waals surface area contributed by atoms with Crippen LogP contribution in [0.4, 0.5) is 11.4 Å². The van der Waals surface area contributed by atoms with Gasteiger partial charge in [-0.1, -0.05) is 6.07 Å². The maximum atomic E-state index is 12.3. The number of carbonyl (C=O) groups is 1. The molecule has 0 aliphatic carbocycles. The summed E-state index contributed by atoms with van der Waals surface area (Å²) in [5, 5.41) is 17.3. The van der Waals surface area contributed by atoms with E-state index < -0.39 is 0 Å². The molecule has 0 unspecified atom stereocenters. The van der Waals surface area contributed by atoms with Gasteiger partial charge in [0.25, 0.3) is 5.91 Å². The Kier molecular flexibility index (Phi) is 3.72. The van der Waals surface area contributed by atoms with Gasteiger partial charge in [0.05, 0.1) is 16.9 Å². The molecule has 0 spiro atoms. The number of benzene rings is 1. The molecule has 7 nitrogen and oxygen atoms in total. The summed E-state index contributed by atoms with van der Waals surface area (Å²) in [6.07, 6.45) is 2.31. The van der Waals surface area contributed by atoms with Crippen molar-refractivity contribution in [3.8, 4) is 0 Å². The first-order valence-electron chi connectivity index (χ1n) is 6.97. The van der Waals surface area contributed by atoms with E-state index in [1.165, 1.54) is 0 Å². The van der Waals surface area contributed by atoms with Crippen molar-refractivity contribution in [3.63, 3.8) is 0 Å². The van der Waals surface area contributed by atoms with E-state index in [0.717, 1.165) is 30.3 Å². The van der Waals surface area contributed by atoms with Gasteiger partial charge in [-0.25, -0.2) is 0 Å². The Morgan fingerprint density at radius 3 is 3.05 bits per heavy atom. The van der Waals surface area contributed by atoms with Crippen molar-refractivity contribution < 1.29 is 4.79 Å². The van der Waals surface area contributed by atoms with Crippen molar-refractivity contribution in [2.75, 3.05) is 30.3 Å². The van der Waals surface area contributed by atoms with Crippen LogP contribution in [-0.4, -0.2) is 40.3 Å². The second kappa shape index (κ2) is 5.82.